The maximum Gasteiger partial charge on any atom is 0.0809 e. The first-order valence-corrected chi connectivity index (χ1v) is 2.36. The maximum absolute atomic E-state index is 8.28. The van der Waals surface area contributed by atoms with Crippen LogP contribution in [0.4, 0.5) is 0 Å². The lowest BCUT2D eigenvalue weighted by Crippen LogP contribution is -2.09. The summed E-state index contributed by atoms with van der Waals surface area (Å²) in [6.45, 7) is 3.68. The summed E-state index contributed by atoms with van der Waals surface area (Å²) in [6, 6.07) is 0. The van der Waals surface area contributed by atoms with E-state index >= 15 is 0 Å². The van der Waals surface area contributed by atoms with E-state index in [9.17, 15) is 0 Å². The van der Waals surface area contributed by atoms with Gasteiger partial charge in [-0.15, -0.1) is 0 Å². The van der Waals surface area contributed by atoms with Gasteiger partial charge in [-0.3, -0.25) is 0 Å². The van der Waals surface area contributed by atoms with Gasteiger partial charge < -0.3 is 10.5 Å². The number of hydrogen-bond donors (Lipinski definition) is 2. The fraction of sp³-hybridized carbons (Fsp3) is 0.800. The molecule has 0 bridgehead atoms. The molecule has 0 aromatic heterocycles. The van der Waals surface area contributed by atoms with Gasteiger partial charge in [0.2, 0.25) is 0 Å². The van der Waals surface area contributed by atoms with Crippen molar-refractivity contribution in [1.82, 2.24) is 0 Å². The lowest BCUT2D eigenvalue weighted by Gasteiger charge is -1.99. The molecule has 0 heterocycles. The molecular weight excluding hydrogens is 90.1 g/mol. The summed E-state index contributed by atoms with van der Waals surface area (Å²) < 4.78 is 0. The van der Waals surface area contributed by atoms with Crippen LogP contribution in [0.2, 0.25) is 0 Å². The molecular formula is C5H11NO. The van der Waals surface area contributed by atoms with Crippen molar-refractivity contribution in [3.8, 4) is 0 Å². The molecule has 0 spiro atoms. The summed E-state index contributed by atoms with van der Waals surface area (Å²) in [5.41, 5.74) is 0.403. The van der Waals surface area contributed by atoms with Crippen LogP contribution in [0.5, 0.6) is 0 Å². The van der Waals surface area contributed by atoms with Gasteiger partial charge in [0.1, 0.15) is 0 Å². The number of hydrogen-bond acceptors (Lipinski definition) is 2. The molecule has 0 aromatic carbocycles. The van der Waals surface area contributed by atoms with Crippen LogP contribution in [0.1, 0.15) is 13.8 Å². The molecule has 0 fully saturated rings. The minimum atomic E-state index is -0.0995. The molecule has 0 amide bonds. The molecule has 0 aliphatic rings. The molecule has 2 nitrogen and oxygen atoms in total. The Balaban J connectivity index is 3.35. The van der Waals surface area contributed by atoms with Crippen LogP contribution in [0.15, 0.2) is 0 Å². The van der Waals surface area contributed by atoms with Gasteiger partial charge in [-0.1, -0.05) is 13.8 Å². The molecule has 7 heavy (non-hydrogen) atoms. The normalized spacial score (nSPS) is 9.71. The third-order valence-corrected chi connectivity index (χ3v) is 0.867. The van der Waals surface area contributed by atoms with E-state index in [4.69, 9.17) is 10.5 Å². The Bertz CT molecular complexity index is 68.5. The molecule has 0 radical (unpaired) electrons. The zero-order valence-corrected chi connectivity index (χ0v) is 4.73. The summed E-state index contributed by atoms with van der Waals surface area (Å²) in [7, 11) is 0. The van der Waals surface area contributed by atoms with Gasteiger partial charge >= 0.3 is 0 Å². The molecule has 0 aliphatic heterocycles. The minimum absolute atomic E-state index is 0.0995. The van der Waals surface area contributed by atoms with Crippen LogP contribution >= 0.6 is 0 Å². The summed E-state index contributed by atoms with van der Waals surface area (Å²) >= 11 is 0. The number of rotatable bonds is 2. The molecule has 0 atom stereocenters. The Morgan fingerprint density at radius 3 is 2.14 bits per heavy atom. The largest absolute Gasteiger partial charge is 0.390 e. The zero-order chi connectivity index (χ0) is 5.86. The molecule has 42 valence electrons. The van der Waals surface area contributed by atoms with Crippen molar-refractivity contribution in [2.75, 3.05) is 6.61 Å². The summed E-state index contributed by atoms with van der Waals surface area (Å²) in [4.78, 5) is 0. The standard InChI is InChI=1S/C5H11NO/c1-4(2)5(6)3-7/h4,6-7H,3H2,1-2H3. The maximum atomic E-state index is 8.28. The van der Waals surface area contributed by atoms with Crippen molar-refractivity contribution in [3.05, 3.63) is 0 Å². The molecule has 0 rings (SSSR count). The fourth-order valence-electron chi connectivity index (χ4n) is 0.183. The van der Waals surface area contributed by atoms with Gasteiger partial charge in [-0.05, 0) is 5.92 Å². The van der Waals surface area contributed by atoms with E-state index in [2.05, 4.69) is 0 Å². The van der Waals surface area contributed by atoms with Gasteiger partial charge in [0, 0.05) is 5.71 Å². The van der Waals surface area contributed by atoms with E-state index in [-0.39, 0.29) is 12.5 Å². The highest BCUT2D eigenvalue weighted by Crippen LogP contribution is 1.91. The molecule has 2 heteroatoms. The molecule has 0 aromatic rings. The monoisotopic (exact) mass is 101 g/mol. The van der Waals surface area contributed by atoms with Crippen molar-refractivity contribution in [2.24, 2.45) is 5.92 Å². The topological polar surface area (TPSA) is 44.1 Å². The lowest BCUT2D eigenvalue weighted by molar-refractivity contribution is 0.350. The number of aliphatic hydroxyl groups is 1. The van der Waals surface area contributed by atoms with Gasteiger partial charge in [-0.2, -0.15) is 0 Å². The van der Waals surface area contributed by atoms with Gasteiger partial charge in [0.15, 0.2) is 0 Å². The molecule has 0 saturated heterocycles. The SMILES string of the molecule is CC(C)C(=N)CO. The third kappa shape index (κ3) is 2.34. The van der Waals surface area contributed by atoms with Crippen molar-refractivity contribution in [3.63, 3.8) is 0 Å². The van der Waals surface area contributed by atoms with Crippen LogP contribution in [0.25, 0.3) is 0 Å². The van der Waals surface area contributed by atoms with Crippen LogP contribution in [0.3, 0.4) is 0 Å². The van der Waals surface area contributed by atoms with E-state index in [0.717, 1.165) is 0 Å². The first-order chi connectivity index (χ1) is 3.18. The Morgan fingerprint density at radius 1 is 1.71 bits per heavy atom. The molecule has 0 unspecified atom stereocenters. The van der Waals surface area contributed by atoms with E-state index < -0.39 is 0 Å². The first-order valence-electron chi connectivity index (χ1n) is 2.36. The lowest BCUT2D eigenvalue weighted by atomic mass is 10.1. The van der Waals surface area contributed by atoms with Crippen LogP contribution in [-0.4, -0.2) is 17.4 Å². The third-order valence-electron chi connectivity index (χ3n) is 0.867. The minimum Gasteiger partial charge on any atom is -0.390 e. The quantitative estimate of drug-likeness (QED) is 0.493. The van der Waals surface area contributed by atoms with Crippen molar-refractivity contribution in [2.45, 2.75) is 13.8 Å². The zero-order valence-electron chi connectivity index (χ0n) is 4.73. The summed E-state index contributed by atoms with van der Waals surface area (Å²) in [5, 5.41) is 15.2. The smallest absolute Gasteiger partial charge is 0.0809 e. The van der Waals surface area contributed by atoms with Crippen molar-refractivity contribution in [1.29, 1.82) is 5.41 Å². The van der Waals surface area contributed by atoms with E-state index in [1.165, 1.54) is 0 Å². The Labute approximate surface area is 43.7 Å². The van der Waals surface area contributed by atoms with Crippen LogP contribution in [-0.2, 0) is 0 Å². The second-order valence-corrected chi connectivity index (χ2v) is 1.84. The highest BCUT2D eigenvalue weighted by atomic mass is 16.3. The van der Waals surface area contributed by atoms with Crippen molar-refractivity contribution >= 4 is 5.71 Å². The Morgan fingerprint density at radius 2 is 2.14 bits per heavy atom. The van der Waals surface area contributed by atoms with Gasteiger partial charge in [-0.25, -0.2) is 0 Å². The van der Waals surface area contributed by atoms with Gasteiger partial charge in [0.25, 0.3) is 0 Å². The average molecular weight is 101 g/mol. The Kier molecular flexibility index (Phi) is 2.60. The van der Waals surface area contributed by atoms with Crippen LogP contribution in [0, 0.1) is 11.3 Å². The second-order valence-electron chi connectivity index (χ2n) is 1.84. The predicted octanol–water partition coefficient (Wildman–Crippen LogP) is 0.654. The highest BCUT2D eigenvalue weighted by molar-refractivity contribution is 5.83. The predicted molar refractivity (Wildman–Crippen MR) is 29.7 cm³/mol. The average Bonchev–Trinajstić information content (AvgIpc) is 1.65. The second kappa shape index (κ2) is 2.75. The fourth-order valence-corrected chi connectivity index (χ4v) is 0.183. The summed E-state index contributed by atoms with van der Waals surface area (Å²) in [6.07, 6.45) is 0. The first kappa shape index (κ1) is 6.63. The van der Waals surface area contributed by atoms with Crippen molar-refractivity contribution < 1.29 is 5.11 Å². The summed E-state index contributed by atoms with van der Waals surface area (Å²) in [5.74, 6) is 0.199. The highest BCUT2D eigenvalue weighted by Gasteiger charge is 1.97. The molecule has 0 aliphatic carbocycles. The van der Waals surface area contributed by atoms with E-state index in [0.29, 0.717) is 5.71 Å². The van der Waals surface area contributed by atoms with Gasteiger partial charge in [0.05, 0.1) is 6.61 Å². The number of aliphatic hydroxyl groups excluding tert-OH is 1. The molecule has 2 N–H and O–H groups in total. The van der Waals surface area contributed by atoms with Crippen LogP contribution < -0.4 is 0 Å². The van der Waals surface area contributed by atoms with E-state index in [1.54, 1.807) is 0 Å². The Hall–Kier alpha value is -0.370. The number of nitrogens with one attached hydrogen (secondary N) is 1. The van der Waals surface area contributed by atoms with E-state index in [1.807, 2.05) is 13.8 Å². The molecule has 0 saturated carbocycles.